The second-order valence-corrected chi connectivity index (χ2v) is 10.3. The Morgan fingerprint density at radius 2 is 1.71 bits per heavy atom. The number of carboxylic acid groups (broad SMARTS) is 1. The average molecular weight is 606 g/mol. The fraction of sp³-hybridized carbons (Fsp3) is 0.407. The minimum Gasteiger partial charge on any atom is -0.475 e. The van der Waals surface area contributed by atoms with Crippen LogP contribution < -0.4 is 21.7 Å². The van der Waals surface area contributed by atoms with Crippen molar-refractivity contribution in [1.29, 1.82) is 10.5 Å². The van der Waals surface area contributed by atoms with Crippen LogP contribution in [0.25, 0.3) is 0 Å². The van der Waals surface area contributed by atoms with Crippen molar-refractivity contribution in [2.75, 3.05) is 18.0 Å². The van der Waals surface area contributed by atoms with Crippen LogP contribution in [0.15, 0.2) is 35.4 Å². The van der Waals surface area contributed by atoms with Gasteiger partial charge in [-0.1, -0.05) is 49.0 Å². The van der Waals surface area contributed by atoms with Gasteiger partial charge in [-0.2, -0.15) is 23.7 Å². The molecule has 1 saturated heterocycles. The predicted molar refractivity (Wildman–Crippen MR) is 148 cm³/mol. The first kappa shape index (κ1) is 33.9. The van der Waals surface area contributed by atoms with Crippen molar-refractivity contribution in [2.45, 2.75) is 61.6 Å². The number of nitrogens with two attached hydrogens (primary N) is 2. The van der Waals surface area contributed by atoms with Crippen molar-refractivity contribution in [1.82, 2.24) is 10.3 Å². The number of hydrogen-bond donors (Lipinski definition) is 4. The number of thioether (sulfide) groups is 1. The third-order valence-corrected chi connectivity index (χ3v) is 7.47. The van der Waals surface area contributed by atoms with Crippen molar-refractivity contribution >= 4 is 35.4 Å². The number of anilines is 1. The molecule has 1 unspecified atom stereocenters. The number of nitrogens with zero attached hydrogens (tertiary/aromatic N) is 4. The lowest BCUT2D eigenvalue weighted by Crippen LogP contribution is -2.49. The van der Waals surface area contributed by atoms with Gasteiger partial charge in [0.05, 0.1) is 17.2 Å². The molecule has 1 aromatic heterocycles. The van der Waals surface area contributed by atoms with Crippen LogP contribution in [0, 0.1) is 22.7 Å². The third-order valence-electron chi connectivity index (χ3n) is 6.21. The van der Waals surface area contributed by atoms with Crippen LogP contribution in [0.4, 0.5) is 19.0 Å². The van der Waals surface area contributed by atoms with Gasteiger partial charge in [-0.3, -0.25) is 9.59 Å². The lowest BCUT2D eigenvalue weighted by atomic mass is 9.99. The highest BCUT2D eigenvalue weighted by atomic mass is 32.2. The molecular formula is C27H30F3N7O4S. The number of carbonyl (C=O) groups is 3. The van der Waals surface area contributed by atoms with Gasteiger partial charge in [0.2, 0.25) is 11.8 Å². The van der Waals surface area contributed by atoms with E-state index >= 15 is 0 Å². The second kappa shape index (κ2) is 15.0. The molecule has 11 nitrogen and oxygen atoms in total. The summed E-state index contributed by atoms with van der Waals surface area (Å²) in [6.07, 6.45) is -3.28. The number of carboxylic acids is 1. The molecule has 2 amide bonds. The summed E-state index contributed by atoms with van der Waals surface area (Å²) in [7, 11) is 0. The molecule has 0 saturated carbocycles. The lowest BCUT2D eigenvalue weighted by molar-refractivity contribution is -0.192. The molecule has 2 aromatic rings. The number of benzene rings is 1. The van der Waals surface area contributed by atoms with Crippen molar-refractivity contribution in [2.24, 2.45) is 11.5 Å². The summed E-state index contributed by atoms with van der Waals surface area (Å²) in [5, 5.41) is 29.6. The maximum absolute atomic E-state index is 12.3. The Balaban J connectivity index is 0.000000782. The van der Waals surface area contributed by atoms with Gasteiger partial charge in [0, 0.05) is 19.1 Å². The summed E-state index contributed by atoms with van der Waals surface area (Å²) >= 11 is 1.13. The minimum absolute atomic E-state index is 0.00881. The maximum Gasteiger partial charge on any atom is 0.490 e. The first-order valence-electron chi connectivity index (χ1n) is 12.7. The number of primary amides is 1. The number of alkyl halides is 3. The van der Waals surface area contributed by atoms with Gasteiger partial charge in [0.25, 0.3) is 0 Å². The number of hydrogen-bond acceptors (Lipinski definition) is 9. The van der Waals surface area contributed by atoms with Gasteiger partial charge in [-0.15, -0.1) is 0 Å². The van der Waals surface area contributed by atoms with Crippen molar-refractivity contribution in [3.8, 4) is 12.1 Å². The fourth-order valence-corrected chi connectivity index (χ4v) is 5.15. The van der Waals surface area contributed by atoms with Gasteiger partial charge < -0.3 is 26.8 Å². The Morgan fingerprint density at radius 1 is 1.17 bits per heavy atom. The average Bonchev–Trinajstić information content (AvgIpc) is 2.95. The first-order valence-corrected chi connectivity index (χ1v) is 13.6. The number of aromatic nitrogens is 1. The van der Waals surface area contributed by atoms with E-state index in [1.807, 2.05) is 30.0 Å². The molecule has 0 radical (unpaired) electrons. The number of rotatable bonds is 8. The second-order valence-electron chi connectivity index (χ2n) is 9.22. The standard InChI is InChI=1S/C25H29N7O2S.C2HF3O2/c1-3-18-19(13-26)23(32-11-9-17(10-12-32)30-24(34)15(2)28)31-25(20(18)14-27)35-21(22(29)33)16-7-5-4-6-8-16;3-2(4,5)1(6)7/h4-8,15,17,21H,3,9-12,28H2,1-2H3,(H2,29,33)(H,30,34);(H,6,7)/t15-,21?;/m0./s1. The molecular weight excluding hydrogens is 575 g/mol. The predicted octanol–water partition coefficient (Wildman–Crippen LogP) is 2.77. The number of nitrogens with one attached hydrogen (secondary N) is 1. The van der Waals surface area contributed by atoms with E-state index in [1.54, 1.807) is 19.1 Å². The molecule has 42 heavy (non-hydrogen) atoms. The van der Waals surface area contributed by atoms with Crippen molar-refractivity contribution < 1.29 is 32.7 Å². The molecule has 0 spiro atoms. The number of nitriles is 2. The molecule has 1 fully saturated rings. The van der Waals surface area contributed by atoms with E-state index in [1.165, 1.54) is 0 Å². The number of pyridine rings is 1. The monoisotopic (exact) mass is 605 g/mol. The van der Waals surface area contributed by atoms with Gasteiger partial charge >= 0.3 is 12.1 Å². The van der Waals surface area contributed by atoms with Crippen LogP contribution >= 0.6 is 11.8 Å². The van der Waals surface area contributed by atoms with E-state index in [0.29, 0.717) is 65.4 Å². The molecule has 224 valence electrons. The zero-order valence-corrected chi connectivity index (χ0v) is 23.6. The highest BCUT2D eigenvalue weighted by Gasteiger charge is 2.38. The molecule has 3 rings (SSSR count). The summed E-state index contributed by atoms with van der Waals surface area (Å²) in [6.45, 7) is 4.67. The molecule has 0 bridgehead atoms. The number of carbonyl (C=O) groups excluding carboxylic acids is 2. The van der Waals surface area contributed by atoms with E-state index in [4.69, 9.17) is 26.4 Å². The molecule has 0 aliphatic carbocycles. The van der Waals surface area contributed by atoms with Crippen LogP contribution in [0.2, 0.25) is 0 Å². The zero-order valence-electron chi connectivity index (χ0n) is 22.8. The Bertz CT molecular complexity index is 1370. The molecule has 6 N–H and O–H groups in total. The quantitative estimate of drug-likeness (QED) is 0.324. The Hall–Kier alpha value is -4.34. The van der Waals surface area contributed by atoms with Crippen LogP contribution in [0.5, 0.6) is 0 Å². The van der Waals surface area contributed by atoms with Crippen LogP contribution in [-0.4, -0.2) is 59.2 Å². The van der Waals surface area contributed by atoms with Gasteiger partial charge in [0.15, 0.2) is 0 Å². The molecule has 1 aliphatic heterocycles. The van der Waals surface area contributed by atoms with Gasteiger partial charge in [-0.25, -0.2) is 9.78 Å². The Morgan fingerprint density at radius 3 is 2.14 bits per heavy atom. The number of aliphatic carboxylic acids is 1. The SMILES string of the molecule is CCc1c(C#N)c(SC(C(N)=O)c2ccccc2)nc(N2CCC(NC(=O)[C@H](C)N)CC2)c1C#N.O=C(O)C(F)(F)F. The van der Waals surface area contributed by atoms with Crippen molar-refractivity contribution in [3.05, 3.63) is 52.6 Å². The smallest absolute Gasteiger partial charge is 0.475 e. The third kappa shape index (κ3) is 8.83. The van der Waals surface area contributed by atoms with E-state index in [-0.39, 0.29) is 11.9 Å². The van der Waals surface area contributed by atoms with Crippen LogP contribution in [-0.2, 0) is 20.8 Å². The van der Waals surface area contributed by atoms with E-state index in [9.17, 15) is 33.3 Å². The van der Waals surface area contributed by atoms with Crippen LogP contribution in [0.3, 0.4) is 0 Å². The minimum atomic E-state index is -5.08. The van der Waals surface area contributed by atoms with E-state index in [0.717, 1.165) is 11.8 Å². The topological polar surface area (TPSA) is 199 Å². The highest BCUT2D eigenvalue weighted by Crippen LogP contribution is 2.39. The normalized spacial score (nSPS) is 14.8. The molecule has 2 atom stereocenters. The summed E-state index contributed by atoms with van der Waals surface area (Å²) in [5.41, 5.74) is 13.3. The van der Waals surface area contributed by atoms with E-state index in [2.05, 4.69) is 17.5 Å². The first-order chi connectivity index (χ1) is 19.7. The molecule has 2 heterocycles. The van der Waals surface area contributed by atoms with E-state index < -0.39 is 29.3 Å². The lowest BCUT2D eigenvalue weighted by Gasteiger charge is -2.34. The number of halogens is 3. The van der Waals surface area contributed by atoms with Crippen molar-refractivity contribution in [3.63, 3.8) is 0 Å². The number of amides is 2. The summed E-state index contributed by atoms with van der Waals surface area (Å²) in [4.78, 5) is 39.9. The van der Waals surface area contributed by atoms with Gasteiger partial charge in [0.1, 0.15) is 28.2 Å². The Labute approximate surface area is 244 Å². The zero-order chi connectivity index (χ0) is 31.6. The summed E-state index contributed by atoms with van der Waals surface area (Å²) < 4.78 is 31.7. The van der Waals surface area contributed by atoms with Gasteiger partial charge in [-0.05, 0) is 37.3 Å². The maximum atomic E-state index is 12.3. The molecule has 1 aromatic carbocycles. The molecule has 1 aliphatic rings. The number of piperidine rings is 1. The fourth-order valence-electron chi connectivity index (χ4n) is 4.10. The van der Waals surface area contributed by atoms with Crippen LogP contribution in [0.1, 0.15) is 54.2 Å². The largest absolute Gasteiger partial charge is 0.490 e. The Kier molecular flexibility index (Phi) is 12.1. The summed E-state index contributed by atoms with van der Waals surface area (Å²) in [6, 6.07) is 12.9. The highest BCUT2D eigenvalue weighted by molar-refractivity contribution is 8.00. The molecule has 15 heteroatoms. The summed E-state index contributed by atoms with van der Waals surface area (Å²) in [5.74, 6) is -3.00.